The van der Waals surface area contributed by atoms with Crippen LogP contribution in [0.25, 0.3) is 0 Å². The number of hydrogen-bond donors (Lipinski definition) is 0. The quantitative estimate of drug-likeness (QED) is 0.692. The number of imide groups is 1. The summed E-state index contributed by atoms with van der Waals surface area (Å²) in [6.45, 7) is 3.71. The molecule has 6 heteroatoms. The van der Waals surface area contributed by atoms with Gasteiger partial charge in [0.25, 0.3) is 5.91 Å². The van der Waals surface area contributed by atoms with Crippen molar-refractivity contribution < 1.29 is 9.59 Å². The number of benzene rings is 2. The van der Waals surface area contributed by atoms with Crippen LogP contribution in [0.4, 0.5) is 5.69 Å². The van der Waals surface area contributed by atoms with Crippen LogP contribution in [0.2, 0.25) is 0 Å². The van der Waals surface area contributed by atoms with Crippen molar-refractivity contribution in [2.24, 2.45) is 5.92 Å². The van der Waals surface area contributed by atoms with E-state index in [0.29, 0.717) is 5.69 Å². The van der Waals surface area contributed by atoms with Crippen LogP contribution in [0.3, 0.4) is 0 Å². The van der Waals surface area contributed by atoms with E-state index >= 15 is 0 Å². The predicted molar refractivity (Wildman–Crippen MR) is 106 cm³/mol. The van der Waals surface area contributed by atoms with Crippen LogP contribution in [-0.2, 0) is 9.59 Å². The highest BCUT2D eigenvalue weighted by Gasteiger charge is 2.62. The Bertz CT molecular complexity index is 912. The number of carbonyl (C=O) groups is 2. The Balaban J connectivity index is 1.57. The van der Waals surface area contributed by atoms with Gasteiger partial charge in [-0.2, -0.15) is 0 Å². The van der Waals surface area contributed by atoms with Crippen LogP contribution in [0, 0.1) is 12.8 Å². The van der Waals surface area contributed by atoms with Crippen LogP contribution >= 0.6 is 15.9 Å². The molecule has 0 aromatic heterocycles. The van der Waals surface area contributed by atoms with Crippen LogP contribution in [0.15, 0.2) is 53.0 Å². The second-order valence-corrected chi connectivity index (χ2v) is 8.41. The number of nitrogens with zero attached hydrogens (tertiary/aromatic N) is 3. The van der Waals surface area contributed by atoms with E-state index in [0.717, 1.165) is 35.1 Å². The molecule has 5 nitrogen and oxygen atoms in total. The van der Waals surface area contributed by atoms with Crippen LogP contribution < -0.4 is 4.90 Å². The lowest BCUT2D eigenvalue weighted by Gasteiger charge is -2.29. The van der Waals surface area contributed by atoms with E-state index < -0.39 is 6.04 Å². The van der Waals surface area contributed by atoms with Crippen molar-refractivity contribution in [1.82, 2.24) is 10.0 Å². The smallest absolute Gasteiger partial charge is 0.253 e. The zero-order valence-electron chi connectivity index (χ0n) is 15.0. The van der Waals surface area contributed by atoms with Crippen molar-refractivity contribution >= 4 is 33.4 Å². The molecule has 138 valence electrons. The highest BCUT2D eigenvalue weighted by molar-refractivity contribution is 9.10. The van der Waals surface area contributed by atoms with Gasteiger partial charge >= 0.3 is 0 Å². The predicted octanol–water partition coefficient (Wildman–Crippen LogP) is 3.29. The molecule has 2 aromatic rings. The summed E-state index contributed by atoms with van der Waals surface area (Å²) in [4.78, 5) is 28.1. The average Bonchev–Trinajstić information content (AvgIpc) is 3.30. The third-order valence-electron chi connectivity index (χ3n) is 5.91. The van der Waals surface area contributed by atoms with Gasteiger partial charge in [0.1, 0.15) is 6.04 Å². The highest BCUT2D eigenvalue weighted by Crippen LogP contribution is 2.48. The molecule has 5 rings (SSSR count). The number of halogens is 1. The maximum atomic E-state index is 13.4. The largest absolute Gasteiger partial charge is 0.274 e. The lowest BCUT2D eigenvalue weighted by Crippen LogP contribution is -2.44. The Labute approximate surface area is 166 Å². The molecule has 3 heterocycles. The van der Waals surface area contributed by atoms with Crippen molar-refractivity contribution in [2.75, 3.05) is 18.0 Å². The van der Waals surface area contributed by atoms with Gasteiger partial charge in [-0.25, -0.2) is 14.9 Å². The van der Waals surface area contributed by atoms with Crippen molar-refractivity contribution in [2.45, 2.75) is 25.4 Å². The normalized spacial score (nSPS) is 28.1. The maximum Gasteiger partial charge on any atom is 0.253 e. The summed E-state index contributed by atoms with van der Waals surface area (Å²) < 4.78 is 1.01. The third-order valence-corrected chi connectivity index (χ3v) is 6.44. The van der Waals surface area contributed by atoms with Gasteiger partial charge in [0.2, 0.25) is 5.91 Å². The minimum Gasteiger partial charge on any atom is -0.274 e. The Morgan fingerprint density at radius 2 is 1.48 bits per heavy atom. The van der Waals surface area contributed by atoms with E-state index in [1.807, 2.05) is 43.3 Å². The molecule has 3 saturated heterocycles. The highest BCUT2D eigenvalue weighted by atomic mass is 79.9. The van der Waals surface area contributed by atoms with Crippen molar-refractivity contribution in [3.8, 4) is 0 Å². The number of hydrogen-bond acceptors (Lipinski definition) is 4. The Hall–Kier alpha value is -2.02. The lowest BCUT2D eigenvalue weighted by molar-refractivity contribution is -0.126. The molecule has 27 heavy (non-hydrogen) atoms. The first-order valence-corrected chi connectivity index (χ1v) is 10.1. The van der Waals surface area contributed by atoms with E-state index in [9.17, 15) is 9.59 Å². The molecule has 2 amide bonds. The maximum absolute atomic E-state index is 13.4. The zero-order valence-corrected chi connectivity index (χ0v) is 16.6. The summed E-state index contributed by atoms with van der Waals surface area (Å²) in [7, 11) is 0. The van der Waals surface area contributed by atoms with Crippen molar-refractivity contribution in [1.29, 1.82) is 0 Å². The molecule has 0 N–H and O–H groups in total. The van der Waals surface area contributed by atoms with Crippen molar-refractivity contribution in [3.63, 3.8) is 0 Å². The first-order valence-electron chi connectivity index (χ1n) is 9.29. The Morgan fingerprint density at radius 1 is 0.852 bits per heavy atom. The molecule has 0 unspecified atom stereocenters. The number of aryl methyl sites for hydroxylation is 1. The van der Waals surface area contributed by atoms with Gasteiger partial charge in [0.15, 0.2) is 0 Å². The fourth-order valence-corrected chi connectivity index (χ4v) is 4.99. The standard InChI is InChI=1S/C21H20BrN3O2/c1-13-3-9-16(10-4-13)25-20(26)17-18(14-5-7-15(22)8-6-14)23-11-2-12-24(23)19(17)21(25)27/h3-10,17-19H,2,11-12H2,1H3/t17-,18-,19+/m0/s1. The van der Waals surface area contributed by atoms with Gasteiger partial charge in [-0.05, 0) is 43.2 Å². The third kappa shape index (κ3) is 2.51. The topological polar surface area (TPSA) is 43.9 Å². The molecule has 3 atom stereocenters. The molecular formula is C21H20BrN3O2. The SMILES string of the molecule is Cc1ccc(N2C(=O)[C@@H]3[C@H](C2=O)N2CCCN2[C@H]3c2ccc(Br)cc2)cc1. The molecule has 3 aliphatic rings. The summed E-state index contributed by atoms with van der Waals surface area (Å²) in [6.07, 6.45) is 1.02. The number of carbonyl (C=O) groups excluding carboxylic acids is 2. The van der Waals surface area contributed by atoms with Gasteiger partial charge in [-0.3, -0.25) is 9.59 Å². The summed E-state index contributed by atoms with van der Waals surface area (Å²) in [5.74, 6) is -0.545. The Morgan fingerprint density at radius 3 is 2.15 bits per heavy atom. The van der Waals surface area contributed by atoms with E-state index in [1.54, 1.807) is 0 Å². The van der Waals surface area contributed by atoms with Gasteiger partial charge in [0, 0.05) is 17.6 Å². The zero-order chi connectivity index (χ0) is 18.7. The number of anilines is 1. The first-order chi connectivity index (χ1) is 13.1. The molecule has 0 radical (unpaired) electrons. The summed E-state index contributed by atoms with van der Waals surface area (Å²) >= 11 is 3.48. The monoisotopic (exact) mass is 425 g/mol. The van der Waals surface area contributed by atoms with Crippen LogP contribution in [0.5, 0.6) is 0 Å². The fourth-order valence-electron chi connectivity index (χ4n) is 4.72. The van der Waals surface area contributed by atoms with Gasteiger partial charge in [-0.1, -0.05) is 45.8 Å². The van der Waals surface area contributed by atoms with E-state index in [-0.39, 0.29) is 23.8 Å². The van der Waals surface area contributed by atoms with E-state index in [2.05, 4.69) is 38.1 Å². The lowest BCUT2D eigenvalue weighted by atomic mass is 9.90. The second-order valence-electron chi connectivity index (χ2n) is 7.49. The average molecular weight is 426 g/mol. The summed E-state index contributed by atoms with van der Waals surface area (Å²) in [5.41, 5.74) is 2.87. The van der Waals surface area contributed by atoms with Crippen LogP contribution in [-0.4, -0.2) is 41.0 Å². The van der Waals surface area contributed by atoms with Gasteiger partial charge in [0.05, 0.1) is 17.6 Å². The molecule has 3 fully saturated rings. The number of fused-ring (bicyclic) bond motifs is 3. The van der Waals surface area contributed by atoms with E-state index in [4.69, 9.17) is 0 Å². The minimum atomic E-state index is -0.394. The molecule has 0 saturated carbocycles. The van der Waals surface area contributed by atoms with E-state index in [1.165, 1.54) is 4.90 Å². The molecule has 0 bridgehead atoms. The number of rotatable bonds is 2. The fraction of sp³-hybridized carbons (Fsp3) is 0.333. The second kappa shape index (κ2) is 6.26. The summed E-state index contributed by atoms with van der Waals surface area (Å²) in [5, 5.41) is 4.37. The molecule has 2 aromatic carbocycles. The minimum absolute atomic E-state index is 0.0856. The molecule has 0 spiro atoms. The van der Waals surface area contributed by atoms with Gasteiger partial charge in [-0.15, -0.1) is 0 Å². The molecular weight excluding hydrogens is 406 g/mol. The van der Waals surface area contributed by atoms with Crippen LogP contribution in [0.1, 0.15) is 23.6 Å². The number of amides is 2. The van der Waals surface area contributed by atoms with Gasteiger partial charge < -0.3 is 0 Å². The van der Waals surface area contributed by atoms with Crippen molar-refractivity contribution in [3.05, 3.63) is 64.1 Å². The Kier molecular flexibility index (Phi) is 3.96. The number of hydrazine groups is 1. The first kappa shape index (κ1) is 17.1. The molecule has 3 aliphatic heterocycles. The summed E-state index contributed by atoms with van der Waals surface area (Å²) in [6, 6.07) is 15.2. The molecule has 0 aliphatic carbocycles.